The number of hydrogen-bond donors (Lipinski definition) is 1. The molecule has 0 radical (unpaired) electrons. The predicted molar refractivity (Wildman–Crippen MR) is 105 cm³/mol. The molecule has 0 atom stereocenters. The lowest BCUT2D eigenvalue weighted by molar-refractivity contribution is -0.180. The van der Waals surface area contributed by atoms with Gasteiger partial charge in [0.2, 0.25) is 0 Å². The maximum Gasteiger partial charge on any atom is 0.416 e. The van der Waals surface area contributed by atoms with Gasteiger partial charge >= 0.3 is 12.4 Å². The summed E-state index contributed by atoms with van der Waals surface area (Å²) in [4.78, 5) is 20.8. The number of anilines is 1. The zero-order valence-corrected chi connectivity index (χ0v) is 17.0. The number of hydrogen-bond acceptors (Lipinski definition) is 4. The van der Waals surface area contributed by atoms with Gasteiger partial charge in [0.25, 0.3) is 5.56 Å². The van der Waals surface area contributed by atoms with E-state index in [1.807, 2.05) is 0 Å². The van der Waals surface area contributed by atoms with Crippen molar-refractivity contribution in [3.63, 3.8) is 0 Å². The standard InChI is InChI=1S/C21H18F6N4O/c1-11-13(4-3-5-15(11)20(22,23)24)9-28-18-14-10-31(19(6-7-19)21(25,26)27)17(32)8-16(14)29-12(2)30-18/h3-5,8,10H,6-7,9H2,1-2H3,(H,28,29,30). The average Bonchev–Trinajstić information content (AvgIpc) is 3.47. The molecule has 1 aliphatic rings. The first-order valence-corrected chi connectivity index (χ1v) is 9.71. The molecule has 0 unspecified atom stereocenters. The van der Waals surface area contributed by atoms with E-state index < -0.39 is 29.0 Å². The Labute approximate surface area is 178 Å². The first kappa shape index (κ1) is 22.1. The first-order valence-electron chi connectivity index (χ1n) is 9.71. The first-order chi connectivity index (χ1) is 14.8. The van der Waals surface area contributed by atoms with Gasteiger partial charge in [0.15, 0.2) is 0 Å². The topological polar surface area (TPSA) is 59.8 Å². The molecule has 0 bridgehead atoms. The Hall–Kier alpha value is -3.11. The second kappa shape index (κ2) is 7.21. The van der Waals surface area contributed by atoms with Gasteiger partial charge in [-0.3, -0.25) is 9.36 Å². The van der Waals surface area contributed by atoms with Crippen LogP contribution in [0.1, 0.15) is 35.4 Å². The average molecular weight is 456 g/mol. The number of pyridine rings is 1. The van der Waals surface area contributed by atoms with E-state index in [2.05, 4.69) is 15.3 Å². The van der Waals surface area contributed by atoms with Crippen LogP contribution >= 0.6 is 0 Å². The zero-order chi connectivity index (χ0) is 23.5. The van der Waals surface area contributed by atoms with E-state index in [1.54, 1.807) is 6.92 Å². The van der Waals surface area contributed by atoms with Crippen molar-refractivity contribution in [3.05, 3.63) is 63.3 Å². The lowest BCUT2D eigenvalue weighted by Crippen LogP contribution is -2.41. The SMILES string of the molecule is Cc1nc(NCc2cccc(C(F)(F)F)c2C)c2cn(C3(C(F)(F)F)CC3)c(=O)cc2n1. The maximum atomic E-state index is 13.6. The Kier molecular flexibility index (Phi) is 4.98. The Balaban J connectivity index is 1.76. The summed E-state index contributed by atoms with van der Waals surface area (Å²) in [5.74, 6) is 0.394. The molecule has 3 aromatic rings. The molecule has 32 heavy (non-hydrogen) atoms. The normalized spacial score (nSPS) is 15.8. The van der Waals surface area contributed by atoms with Crippen molar-refractivity contribution < 1.29 is 26.3 Å². The fourth-order valence-corrected chi connectivity index (χ4v) is 3.83. The number of aryl methyl sites for hydroxylation is 1. The number of nitrogens with one attached hydrogen (secondary N) is 1. The van der Waals surface area contributed by atoms with E-state index in [4.69, 9.17) is 0 Å². The van der Waals surface area contributed by atoms with Crippen LogP contribution in [0.15, 0.2) is 35.3 Å². The number of nitrogens with zero attached hydrogens (tertiary/aromatic N) is 3. The van der Waals surface area contributed by atoms with Crippen molar-refractivity contribution in [1.29, 1.82) is 0 Å². The van der Waals surface area contributed by atoms with Crippen LogP contribution in [0.4, 0.5) is 32.2 Å². The van der Waals surface area contributed by atoms with Gasteiger partial charge in [-0.25, -0.2) is 9.97 Å². The summed E-state index contributed by atoms with van der Waals surface area (Å²) in [7, 11) is 0. The summed E-state index contributed by atoms with van der Waals surface area (Å²) in [6.45, 7) is 2.84. The van der Waals surface area contributed by atoms with E-state index in [1.165, 1.54) is 19.1 Å². The molecule has 1 aromatic carbocycles. The molecule has 11 heteroatoms. The molecule has 170 valence electrons. The summed E-state index contributed by atoms with van der Waals surface area (Å²) >= 11 is 0. The molecule has 4 rings (SSSR count). The van der Waals surface area contributed by atoms with E-state index in [-0.39, 0.29) is 47.5 Å². The van der Waals surface area contributed by atoms with Crippen LogP contribution < -0.4 is 10.9 Å². The minimum absolute atomic E-state index is 0.0356. The smallest absolute Gasteiger partial charge is 0.365 e. The Morgan fingerprint density at radius 2 is 1.78 bits per heavy atom. The highest BCUT2D eigenvalue weighted by molar-refractivity contribution is 5.88. The second-order valence-electron chi connectivity index (χ2n) is 7.87. The summed E-state index contributed by atoms with van der Waals surface area (Å²) in [5, 5.41) is 3.08. The largest absolute Gasteiger partial charge is 0.416 e. The molecule has 1 N–H and O–H groups in total. The zero-order valence-electron chi connectivity index (χ0n) is 17.0. The second-order valence-corrected chi connectivity index (χ2v) is 7.87. The molecule has 2 aromatic heterocycles. The number of rotatable bonds is 4. The monoisotopic (exact) mass is 456 g/mol. The third-order valence-corrected chi connectivity index (χ3v) is 5.75. The molecule has 1 fully saturated rings. The van der Waals surface area contributed by atoms with Gasteiger partial charge in [-0.15, -0.1) is 0 Å². The van der Waals surface area contributed by atoms with Gasteiger partial charge in [0.05, 0.1) is 16.5 Å². The Morgan fingerprint density at radius 1 is 1.09 bits per heavy atom. The van der Waals surface area contributed by atoms with Crippen LogP contribution in [0, 0.1) is 13.8 Å². The quantitative estimate of drug-likeness (QED) is 0.556. The van der Waals surface area contributed by atoms with Crippen molar-refractivity contribution in [1.82, 2.24) is 14.5 Å². The fraction of sp³-hybridized carbons (Fsp3) is 0.381. The van der Waals surface area contributed by atoms with Crippen molar-refractivity contribution in [2.45, 2.75) is 51.1 Å². The van der Waals surface area contributed by atoms with Crippen LogP contribution in [0.3, 0.4) is 0 Å². The Bertz CT molecular complexity index is 1260. The maximum absolute atomic E-state index is 13.6. The highest BCUT2D eigenvalue weighted by atomic mass is 19.4. The van der Waals surface area contributed by atoms with Crippen LogP contribution in [0.5, 0.6) is 0 Å². The minimum atomic E-state index is -4.60. The highest BCUT2D eigenvalue weighted by Gasteiger charge is 2.65. The molecule has 1 saturated carbocycles. The number of alkyl halides is 6. The van der Waals surface area contributed by atoms with Crippen molar-refractivity contribution in [2.24, 2.45) is 0 Å². The summed E-state index contributed by atoms with van der Waals surface area (Å²) < 4.78 is 80.9. The van der Waals surface area contributed by atoms with Gasteiger partial charge in [-0.2, -0.15) is 26.3 Å². The Morgan fingerprint density at radius 3 is 2.38 bits per heavy atom. The molecule has 0 spiro atoms. The van der Waals surface area contributed by atoms with Gasteiger partial charge in [-0.05, 0) is 43.9 Å². The van der Waals surface area contributed by atoms with Crippen molar-refractivity contribution >= 4 is 16.7 Å². The highest BCUT2D eigenvalue weighted by Crippen LogP contribution is 2.54. The van der Waals surface area contributed by atoms with Crippen LogP contribution in [0.25, 0.3) is 10.9 Å². The molecule has 0 amide bonds. The summed E-state index contributed by atoms with van der Waals surface area (Å²) in [5.41, 5.74) is -3.31. The molecule has 0 saturated heterocycles. The van der Waals surface area contributed by atoms with E-state index >= 15 is 0 Å². The number of fused-ring (bicyclic) bond motifs is 1. The summed E-state index contributed by atoms with van der Waals surface area (Å²) in [6.07, 6.45) is -8.44. The van der Waals surface area contributed by atoms with Crippen LogP contribution in [-0.4, -0.2) is 20.7 Å². The lowest BCUT2D eigenvalue weighted by atomic mass is 10.0. The summed E-state index contributed by atoms with van der Waals surface area (Å²) in [6, 6.07) is 4.81. The number of halogens is 6. The lowest BCUT2D eigenvalue weighted by Gasteiger charge is -2.22. The van der Waals surface area contributed by atoms with Crippen LogP contribution in [0.2, 0.25) is 0 Å². The molecular formula is C21H18F6N4O. The van der Waals surface area contributed by atoms with Gasteiger partial charge in [0, 0.05) is 18.8 Å². The van der Waals surface area contributed by atoms with Crippen molar-refractivity contribution in [3.8, 4) is 0 Å². The number of aromatic nitrogens is 3. The van der Waals surface area contributed by atoms with Gasteiger partial charge in [-0.1, -0.05) is 12.1 Å². The fourth-order valence-electron chi connectivity index (χ4n) is 3.83. The minimum Gasteiger partial charge on any atom is -0.365 e. The van der Waals surface area contributed by atoms with Gasteiger partial charge in [0.1, 0.15) is 17.2 Å². The van der Waals surface area contributed by atoms with Crippen LogP contribution in [-0.2, 0) is 18.3 Å². The molecule has 1 aliphatic carbocycles. The molecule has 2 heterocycles. The molecule has 0 aliphatic heterocycles. The van der Waals surface area contributed by atoms with Crippen molar-refractivity contribution in [2.75, 3.05) is 5.32 Å². The molecular weight excluding hydrogens is 438 g/mol. The van der Waals surface area contributed by atoms with E-state index in [0.29, 0.717) is 10.1 Å². The van der Waals surface area contributed by atoms with E-state index in [9.17, 15) is 31.1 Å². The predicted octanol–water partition coefficient (Wildman–Crippen LogP) is 5.09. The third-order valence-electron chi connectivity index (χ3n) is 5.75. The van der Waals surface area contributed by atoms with Gasteiger partial charge < -0.3 is 5.32 Å². The number of benzene rings is 1. The molecule has 5 nitrogen and oxygen atoms in total. The third kappa shape index (κ3) is 3.69. The van der Waals surface area contributed by atoms with E-state index in [0.717, 1.165) is 18.3 Å².